The predicted molar refractivity (Wildman–Crippen MR) is 106 cm³/mol. The molecule has 1 aliphatic heterocycles. The standard InChI is InChI=1S/C20H26F3N5O3/c21-20(22,23)31-16-10-14(11-25-18(16)24)15-12-28(17(13-29)26-15)19(2-1-3-19)4-5-27-6-8-30-9-7-27/h10-12,29H,1-9,13H2,(H2,24,25). The van der Waals surface area contributed by atoms with E-state index in [-0.39, 0.29) is 18.0 Å². The third-order valence-electron chi connectivity index (χ3n) is 6.12. The van der Waals surface area contributed by atoms with Gasteiger partial charge in [0.15, 0.2) is 11.6 Å². The SMILES string of the molecule is Nc1ncc(-c2cn(C3(CCN4CCOCC4)CCC3)c(CO)n2)cc1OC(F)(F)F. The Hall–Kier alpha value is -2.37. The number of hydrogen-bond acceptors (Lipinski definition) is 7. The van der Waals surface area contributed by atoms with Crippen LogP contribution in [0.15, 0.2) is 18.5 Å². The van der Waals surface area contributed by atoms with Gasteiger partial charge in [-0.05, 0) is 31.7 Å². The van der Waals surface area contributed by atoms with Crippen LogP contribution in [0.1, 0.15) is 31.5 Å². The number of halogens is 3. The van der Waals surface area contributed by atoms with Crippen molar-refractivity contribution in [3.8, 4) is 17.0 Å². The Bertz CT molecular complexity index is 908. The summed E-state index contributed by atoms with van der Waals surface area (Å²) in [6.45, 7) is 3.91. The van der Waals surface area contributed by atoms with Gasteiger partial charge in [0, 0.05) is 43.1 Å². The molecule has 11 heteroatoms. The molecule has 2 aromatic rings. The number of nitrogens with zero attached hydrogens (tertiary/aromatic N) is 4. The zero-order valence-electron chi connectivity index (χ0n) is 17.1. The van der Waals surface area contributed by atoms with E-state index in [1.807, 2.05) is 4.57 Å². The van der Waals surface area contributed by atoms with Crippen LogP contribution in [0.2, 0.25) is 0 Å². The number of alkyl halides is 3. The number of morpholine rings is 1. The molecule has 8 nitrogen and oxygen atoms in total. The molecule has 170 valence electrons. The van der Waals surface area contributed by atoms with Crippen molar-refractivity contribution in [1.29, 1.82) is 0 Å². The number of rotatable bonds is 7. The highest BCUT2D eigenvalue weighted by Gasteiger charge is 2.40. The second-order valence-electron chi connectivity index (χ2n) is 8.01. The largest absolute Gasteiger partial charge is 0.573 e. The van der Waals surface area contributed by atoms with E-state index in [0.717, 1.165) is 58.5 Å². The topological polar surface area (TPSA) is 98.7 Å². The first kappa shape index (κ1) is 21.8. The first-order chi connectivity index (χ1) is 14.8. The molecule has 1 saturated carbocycles. The van der Waals surface area contributed by atoms with E-state index in [1.165, 1.54) is 12.3 Å². The maximum atomic E-state index is 12.7. The number of imidazole rings is 1. The minimum absolute atomic E-state index is 0.159. The lowest BCUT2D eigenvalue weighted by atomic mass is 9.73. The number of aliphatic hydroxyl groups excluding tert-OH is 1. The Labute approximate surface area is 177 Å². The molecule has 0 bridgehead atoms. The molecule has 0 atom stereocenters. The van der Waals surface area contributed by atoms with Gasteiger partial charge < -0.3 is 24.9 Å². The molecule has 1 aliphatic carbocycles. The van der Waals surface area contributed by atoms with Gasteiger partial charge in [-0.25, -0.2) is 9.97 Å². The average molecular weight is 441 g/mol. The summed E-state index contributed by atoms with van der Waals surface area (Å²) in [5.41, 5.74) is 6.13. The maximum Gasteiger partial charge on any atom is 0.573 e. The van der Waals surface area contributed by atoms with Crippen LogP contribution >= 0.6 is 0 Å². The summed E-state index contributed by atoms with van der Waals surface area (Å²) in [6, 6.07) is 1.17. The van der Waals surface area contributed by atoms with E-state index in [2.05, 4.69) is 19.6 Å². The fourth-order valence-electron chi connectivity index (χ4n) is 4.27. The Morgan fingerprint density at radius 1 is 1.26 bits per heavy atom. The molecule has 0 spiro atoms. The maximum absolute atomic E-state index is 12.7. The second kappa shape index (κ2) is 8.64. The number of nitrogens with two attached hydrogens (primary N) is 1. The van der Waals surface area contributed by atoms with E-state index in [1.54, 1.807) is 6.20 Å². The smallest absolute Gasteiger partial charge is 0.402 e. The fourth-order valence-corrected chi connectivity index (χ4v) is 4.27. The number of hydrogen-bond donors (Lipinski definition) is 2. The molecular formula is C20H26F3N5O3. The summed E-state index contributed by atoms with van der Waals surface area (Å²) in [5.74, 6) is -0.452. The minimum Gasteiger partial charge on any atom is -0.402 e. The quantitative estimate of drug-likeness (QED) is 0.681. The third kappa shape index (κ3) is 4.78. The minimum atomic E-state index is -4.88. The van der Waals surface area contributed by atoms with E-state index < -0.39 is 12.1 Å². The molecule has 0 unspecified atom stereocenters. The molecule has 2 aromatic heterocycles. The summed E-state index contributed by atoms with van der Waals surface area (Å²) in [7, 11) is 0. The van der Waals surface area contributed by atoms with Gasteiger partial charge in [-0.2, -0.15) is 0 Å². The first-order valence-corrected chi connectivity index (χ1v) is 10.3. The van der Waals surface area contributed by atoms with Gasteiger partial charge in [0.2, 0.25) is 0 Å². The molecule has 3 N–H and O–H groups in total. The van der Waals surface area contributed by atoms with Crippen molar-refractivity contribution in [2.75, 3.05) is 38.6 Å². The van der Waals surface area contributed by atoms with E-state index in [0.29, 0.717) is 17.1 Å². The number of aromatic nitrogens is 3. The molecule has 0 radical (unpaired) electrons. The van der Waals surface area contributed by atoms with Crippen LogP contribution in [-0.4, -0.2) is 63.8 Å². The number of nitrogen functional groups attached to an aromatic ring is 1. The van der Waals surface area contributed by atoms with Gasteiger partial charge in [-0.3, -0.25) is 4.90 Å². The first-order valence-electron chi connectivity index (χ1n) is 10.3. The fraction of sp³-hybridized carbons (Fsp3) is 0.600. The van der Waals surface area contributed by atoms with Crippen molar-refractivity contribution in [2.24, 2.45) is 0 Å². The second-order valence-corrected chi connectivity index (χ2v) is 8.01. The molecule has 2 aliphatic rings. The Kier molecular flexibility index (Phi) is 6.09. The van der Waals surface area contributed by atoms with Crippen molar-refractivity contribution in [3.63, 3.8) is 0 Å². The highest BCUT2D eigenvalue weighted by atomic mass is 19.4. The van der Waals surface area contributed by atoms with Gasteiger partial charge in [0.25, 0.3) is 0 Å². The molecule has 3 heterocycles. The summed E-state index contributed by atoms with van der Waals surface area (Å²) in [5, 5.41) is 9.91. The molecule has 4 rings (SSSR count). The van der Waals surface area contributed by atoms with Gasteiger partial charge in [0.1, 0.15) is 12.4 Å². The molecule has 1 saturated heterocycles. The lowest BCUT2D eigenvalue weighted by molar-refractivity contribution is -0.274. The summed E-state index contributed by atoms with van der Waals surface area (Å²) >= 11 is 0. The average Bonchev–Trinajstić information content (AvgIpc) is 3.13. The van der Waals surface area contributed by atoms with Crippen LogP contribution in [0.4, 0.5) is 19.0 Å². The summed E-state index contributed by atoms with van der Waals surface area (Å²) in [4.78, 5) is 10.7. The van der Waals surface area contributed by atoms with Crippen molar-refractivity contribution in [1.82, 2.24) is 19.4 Å². The zero-order chi connectivity index (χ0) is 22.1. The van der Waals surface area contributed by atoms with Gasteiger partial charge in [-0.1, -0.05) is 0 Å². The molecule has 2 fully saturated rings. The van der Waals surface area contributed by atoms with Gasteiger partial charge in [0.05, 0.1) is 18.9 Å². The van der Waals surface area contributed by atoms with Gasteiger partial charge >= 0.3 is 6.36 Å². The molecule has 0 amide bonds. The van der Waals surface area contributed by atoms with Crippen molar-refractivity contribution < 1.29 is 27.8 Å². The number of anilines is 1. The van der Waals surface area contributed by atoms with Crippen LogP contribution in [0.3, 0.4) is 0 Å². The zero-order valence-corrected chi connectivity index (χ0v) is 17.1. The third-order valence-corrected chi connectivity index (χ3v) is 6.12. The van der Waals surface area contributed by atoms with Crippen LogP contribution < -0.4 is 10.5 Å². The number of ether oxygens (including phenoxy) is 2. The summed E-state index contributed by atoms with van der Waals surface area (Å²) < 4.78 is 49.3. The summed E-state index contributed by atoms with van der Waals surface area (Å²) in [6.07, 6.45) is 2.17. The molecule has 0 aromatic carbocycles. The van der Waals surface area contributed by atoms with Crippen molar-refractivity contribution >= 4 is 5.82 Å². The predicted octanol–water partition coefficient (Wildman–Crippen LogP) is 2.52. The highest BCUT2D eigenvalue weighted by Crippen LogP contribution is 2.44. The molecular weight excluding hydrogens is 415 g/mol. The Balaban J connectivity index is 1.59. The van der Waals surface area contributed by atoms with E-state index in [9.17, 15) is 18.3 Å². The van der Waals surface area contributed by atoms with E-state index in [4.69, 9.17) is 10.5 Å². The van der Waals surface area contributed by atoms with E-state index >= 15 is 0 Å². The Morgan fingerprint density at radius 2 is 2.00 bits per heavy atom. The normalized spacial score (nSPS) is 19.2. The monoisotopic (exact) mass is 441 g/mol. The Morgan fingerprint density at radius 3 is 2.61 bits per heavy atom. The highest BCUT2D eigenvalue weighted by molar-refractivity contribution is 5.63. The van der Waals surface area contributed by atoms with Crippen LogP contribution in [-0.2, 0) is 16.9 Å². The van der Waals surface area contributed by atoms with Crippen LogP contribution in [0, 0.1) is 0 Å². The lowest BCUT2D eigenvalue weighted by Crippen LogP contribution is -2.46. The van der Waals surface area contributed by atoms with Crippen molar-refractivity contribution in [2.45, 2.75) is 44.2 Å². The van der Waals surface area contributed by atoms with Gasteiger partial charge in [-0.15, -0.1) is 13.2 Å². The van der Waals surface area contributed by atoms with Crippen molar-refractivity contribution in [3.05, 3.63) is 24.3 Å². The number of pyridine rings is 1. The van der Waals surface area contributed by atoms with Crippen LogP contribution in [0.25, 0.3) is 11.3 Å². The number of aliphatic hydroxyl groups is 1. The van der Waals surface area contributed by atoms with Crippen LogP contribution in [0.5, 0.6) is 5.75 Å². The molecule has 31 heavy (non-hydrogen) atoms. The lowest BCUT2D eigenvalue weighted by Gasteiger charge is -2.45.